The largest absolute Gasteiger partial charge is 0.506 e. The van der Waals surface area contributed by atoms with Gasteiger partial charge in [-0.15, -0.1) is 20.4 Å². The third-order valence-corrected chi connectivity index (χ3v) is 15.8. The minimum atomic E-state index is -5.08. The number of aromatic hydroxyl groups is 1. The second-order valence-corrected chi connectivity index (χ2v) is 23.5. The zero-order chi connectivity index (χ0) is 55.0. The maximum atomic E-state index is 12.9. The Bertz CT molecular complexity index is 4700. The Hall–Kier alpha value is -8.11. The van der Waals surface area contributed by atoms with Crippen LogP contribution in [0.4, 0.5) is 34.1 Å². The number of phenolic OH excluding ortho intramolecular Hbond substituents is 1. The molecule has 0 saturated carbocycles. The summed E-state index contributed by atoms with van der Waals surface area (Å²) >= 11 is 0. The number of hydrogen-bond acceptors (Lipinski definition) is 20. The maximum absolute atomic E-state index is 12.9. The van der Waals surface area contributed by atoms with Crippen molar-refractivity contribution in [2.45, 2.75) is 38.3 Å². The molecule has 1 aromatic heterocycles. The number of ether oxygens (including phenoxy) is 1. The molecule has 9 rings (SSSR count). The molecule has 0 amide bonds. The van der Waals surface area contributed by atoms with E-state index in [4.69, 9.17) is 4.74 Å². The molecule has 0 aliphatic rings. The molecular formula is C45H33N9O17S5. The summed E-state index contributed by atoms with van der Waals surface area (Å²) in [5.74, 6) is -0.632. The van der Waals surface area contributed by atoms with Crippen LogP contribution < -0.4 is 4.74 Å². The average molecular weight is 1130 g/mol. The van der Waals surface area contributed by atoms with Crippen molar-refractivity contribution in [2.24, 2.45) is 30.7 Å². The maximum Gasteiger partial charge on any atom is 0.296 e. The van der Waals surface area contributed by atoms with Crippen LogP contribution in [0.1, 0.15) is 11.1 Å². The summed E-state index contributed by atoms with van der Waals surface area (Å²) in [6.45, 7) is 3.32. The van der Waals surface area contributed by atoms with Crippen molar-refractivity contribution in [1.29, 1.82) is 0 Å². The van der Waals surface area contributed by atoms with E-state index in [9.17, 15) is 70.0 Å². The van der Waals surface area contributed by atoms with Crippen molar-refractivity contribution < 1.29 is 74.7 Å². The van der Waals surface area contributed by atoms with Crippen LogP contribution in [-0.4, -0.2) is 92.1 Å². The Kier molecular flexibility index (Phi) is 13.1. The SMILES string of the molecule is COc1c(N=Nc2cc(C)c(N=Nc3ccc(N=Nc4ccc5c(S(=O)(=O)O)cc(S(=O)(=O)O)cc5c4)c(C)c3)cc2O)c(S(=O)(=O)O)cc2cc(-n3nc4ccc5c(S(=O)(=O)O)cc(S(=O)(=O)O)cc5c4n3)ccc12. The summed E-state index contributed by atoms with van der Waals surface area (Å²) in [6.07, 6.45) is 0. The van der Waals surface area contributed by atoms with Crippen LogP contribution in [0.15, 0.2) is 164 Å². The smallest absolute Gasteiger partial charge is 0.296 e. The lowest BCUT2D eigenvalue weighted by Gasteiger charge is -2.13. The fourth-order valence-corrected chi connectivity index (χ4v) is 11.2. The van der Waals surface area contributed by atoms with E-state index in [0.29, 0.717) is 34.6 Å². The topological polar surface area (TPSA) is 406 Å². The lowest BCUT2D eigenvalue weighted by molar-refractivity contribution is 0.419. The molecule has 76 heavy (non-hydrogen) atoms. The molecule has 1 heterocycles. The molecule has 6 N–H and O–H groups in total. The molecular weight excluding hydrogens is 1100 g/mol. The number of aryl methyl sites for hydroxylation is 2. The number of phenols is 1. The number of fused-ring (bicyclic) bond motifs is 5. The number of hydrogen-bond donors (Lipinski definition) is 6. The second kappa shape index (κ2) is 18.9. The van der Waals surface area contributed by atoms with Gasteiger partial charge in [0.1, 0.15) is 42.8 Å². The third kappa shape index (κ3) is 10.5. The van der Waals surface area contributed by atoms with Crippen molar-refractivity contribution in [3.8, 4) is 17.2 Å². The van der Waals surface area contributed by atoms with E-state index < -0.39 is 86.5 Å². The van der Waals surface area contributed by atoms with Gasteiger partial charge < -0.3 is 9.84 Å². The highest BCUT2D eigenvalue weighted by atomic mass is 32.2. The Morgan fingerprint density at radius 2 is 1.01 bits per heavy atom. The van der Waals surface area contributed by atoms with E-state index in [-0.39, 0.29) is 71.8 Å². The van der Waals surface area contributed by atoms with Crippen LogP contribution in [0.3, 0.4) is 0 Å². The highest BCUT2D eigenvalue weighted by Gasteiger charge is 2.26. The molecule has 0 radical (unpaired) electrons. The highest BCUT2D eigenvalue weighted by molar-refractivity contribution is 7.87. The van der Waals surface area contributed by atoms with Crippen LogP contribution in [0.2, 0.25) is 0 Å². The van der Waals surface area contributed by atoms with E-state index in [1.807, 2.05) is 0 Å². The lowest BCUT2D eigenvalue weighted by Crippen LogP contribution is -2.04. The van der Waals surface area contributed by atoms with Crippen LogP contribution >= 0.6 is 0 Å². The molecule has 0 spiro atoms. The molecule has 0 aliphatic heterocycles. The summed E-state index contributed by atoms with van der Waals surface area (Å²) in [5, 5.41) is 44.9. The normalized spacial score (nSPS) is 13.2. The fraction of sp³-hybridized carbons (Fsp3) is 0.0667. The molecule has 26 nitrogen and oxygen atoms in total. The Balaban J connectivity index is 0.981. The van der Waals surface area contributed by atoms with Crippen molar-refractivity contribution in [1.82, 2.24) is 15.0 Å². The predicted molar refractivity (Wildman–Crippen MR) is 270 cm³/mol. The fourth-order valence-electron chi connectivity index (χ4n) is 7.90. The van der Waals surface area contributed by atoms with Crippen molar-refractivity contribution >= 4 is 128 Å². The first-order chi connectivity index (χ1) is 35.5. The minimum Gasteiger partial charge on any atom is -0.506 e. The highest BCUT2D eigenvalue weighted by Crippen LogP contribution is 2.44. The van der Waals surface area contributed by atoms with E-state index in [0.717, 1.165) is 23.0 Å². The molecule has 0 bridgehead atoms. The zero-order valence-corrected chi connectivity index (χ0v) is 42.7. The molecule has 0 unspecified atom stereocenters. The van der Waals surface area contributed by atoms with Gasteiger partial charge in [-0.25, -0.2) is 0 Å². The Morgan fingerprint density at radius 3 is 1.64 bits per heavy atom. The van der Waals surface area contributed by atoms with Gasteiger partial charge in [-0.2, -0.15) is 67.3 Å². The van der Waals surface area contributed by atoms with Crippen LogP contribution in [-0.2, 0) is 50.6 Å². The van der Waals surface area contributed by atoms with E-state index in [2.05, 4.69) is 40.9 Å². The summed E-state index contributed by atoms with van der Waals surface area (Å²) in [7, 11) is -23.6. The van der Waals surface area contributed by atoms with Gasteiger partial charge in [0.25, 0.3) is 50.6 Å². The molecule has 0 saturated heterocycles. The van der Waals surface area contributed by atoms with E-state index in [1.54, 1.807) is 32.0 Å². The monoisotopic (exact) mass is 1130 g/mol. The molecule has 9 aromatic rings. The van der Waals surface area contributed by atoms with Crippen molar-refractivity contribution in [2.75, 3.05) is 7.11 Å². The third-order valence-electron chi connectivity index (χ3n) is 11.4. The van der Waals surface area contributed by atoms with Gasteiger partial charge in [0.2, 0.25) is 0 Å². The van der Waals surface area contributed by atoms with Gasteiger partial charge in [-0.3, -0.25) is 22.8 Å². The van der Waals surface area contributed by atoms with Gasteiger partial charge in [-0.05, 0) is 127 Å². The average Bonchev–Trinajstić information content (AvgIpc) is 3.78. The second-order valence-electron chi connectivity index (χ2n) is 16.5. The first-order valence-corrected chi connectivity index (χ1v) is 28.3. The Labute approximate surface area is 429 Å². The van der Waals surface area contributed by atoms with Crippen molar-refractivity contribution in [3.05, 3.63) is 120 Å². The number of aromatic nitrogens is 3. The van der Waals surface area contributed by atoms with Gasteiger partial charge >= 0.3 is 0 Å². The molecule has 0 fully saturated rings. The first kappa shape index (κ1) is 52.7. The van der Waals surface area contributed by atoms with E-state index >= 15 is 0 Å². The molecule has 0 atom stereocenters. The molecule has 31 heteroatoms. The summed E-state index contributed by atoms with van der Waals surface area (Å²) in [4.78, 5) is -2.86. The van der Waals surface area contributed by atoms with E-state index in [1.165, 1.54) is 67.8 Å². The van der Waals surface area contributed by atoms with Gasteiger partial charge in [0.05, 0.1) is 45.3 Å². The first-order valence-electron chi connectivity index (χ1n) is 21.1. The molecule has 390 valence electrons. The van der Waals surface area contributed by atoms with Gasteiger partial charge in [-0.1, -0.05) is 12.1 Å². The number of rotatable bonds is 13. The summed E-state index contributed by atoms with van der Waals surface area (Å²) < 4.78 is 177. The standard InChI is InChI=1S/C45H33N9O17S5/c1-22-12-26(5-10-35(22)48-47-27-4-7-31-24(14-27)16-29(72(56,57)58)19-40(31)74(62,63)64)46-49-37-21-39(55)38(13-23(37)2)50-51-44-42(76(68,69)70)17-25-15-28(6-8-32(25)45(44)71-3)54-52-36-11-9-33-34(43(36)53-54)18-30(73(59,60)61)20-41(33)75(65,66)67/h4-21,55H,1-3H3,(H,56,57,58)(H,59,60,61)(H,62,63,64)(H,65,66,67)(H,68,69,70). The number of nitrogens with zero attached hydrogens (tertiary/aromatic N) is 9. The minimum absolute atomic E-state index is 0.0206. The van der Waals surface area contributed by atoms with Gasteiger partial charge in [0.15, 0.2) is 5.75 Å². The van der Waals surface area contributed by atoms with Crippen LogP contribution in [0.5, 0.6) is 11.5 Å². The van der Waals surface area contributed by atoms with Gasteiger partial charge in [0, 0.05) is 27.6 Å². The predicted octanol–water partition coefficient (Wildman–Crippen LogP) is 9.69. The Morgan fingerprint density at radius 1 is 0.461 bits per heavy atom. The molecule has 8 aromatic carbocycles. The number of methoxy groups -OCH3 is 1. The quantitative estimate of drug-likeness (QED) is 0.0462. The number of benzene rings is 8. The van der Waals surface area contributed by atoms with Crippen LogP contribution in [0, 0.1) is 13.8 Å². The number of azo groups is 3. The molecule has 0 aliphatic carbocycles. The van der Waals surface area contributed by atoms with Crippen LogP contribution in [0.25, 0.3) is 49.0 Å². The summed E-state index contributed by atoms with van der Waals surface area (Å²) in [6, 6.07) is 22.5. The lowest BCUT2D eigenvalue weighted by atomic mass is 10.1. The van der Waals surface area contributed by atoms with Crippen molar-refractivity contribution in [3.63, 3.8) is 0 Å². The zero-order valence-electron chi connectivity index (χ0n) is 38.6. The summed E-state index contributed by atoms with van der Waals surface area (Å²) in [5.41, 5.74) is 1.73.